The van der Waals surface area contributed by atoms with Crippen LogP contribution in [0.2, 0.25) is 0 Å². The second-order valence-electron chi connectivity index (χ2n) is 3.07. The Morgan fingerprint density at radius 1 is 1.33 bits per heavy atom. The topological polar surface area (TPSA) is 46.0 Å². The summed E-state index contributed by atoms with van der Waals surface area (Å²) in [7, 11) is 0. The number of hydrogen-bond donors (Lipinski definition) is 1. The van der Waals surface area contributed by atoms with Gasteiger partial charge in [-0.2, -0.15) is 4.98 Å². The van der Waals surface area contributed by atoms with E-state index in [1.165, 1.54) is 6.07 Å². The maximum atomic E-state index is 9.27. The van der Waals surface area contributed by atoms with E-state index < -0.39 is 0 Å². The summed E-state index contributed by atoms with van der Waals surface area (Å²) in [6, 6.07) is 5.53. The average Bonchev–Trinajstić information content (AvgIpc) is 2.65. The van der Waals surface area contributed by atoms with Crippen LogP contribution in [0.15, 0.2) is 23.6 Å². The zero-order valence-corrected chi connectivity index (χ0v) is 9.03. The molecule has 0 aliphatic carbocycles. The molecule has 0 spiro atoms. The Kier molecular flexibility index (Phi) is 2.78. The molecule has 0 saturated carbocycles. The van der Waals surface area contributed by atoms with E-state index in [4.69, 9.17) is 0 Å². The number of hydrogen-bond acceptors (Lipinski definition) is 4. The summed E-state index contributed by atoms with van der Waals surface area (Å²) in [4.78, 5) is 9.21. The van der Waals surface area contributed by atoms with E-state index in [0.29, 0.717) is 5.82 Å². The smallest absolute Gasteiger partial charge is 0.214 e. The Morgan fingerprint density at radius 2 is 2.20 bits per heavy atom. The van der Waals surface area contributed by atoms with Crippen molar-refractivity contribution in [2.45, 2.75) is 6.92 Å². The van der Waals surface area contributed by atoms with Gasteiger partial charge in [-0.15, -0.1) is 11.3 Å². The fraction of sp³-hybridized carbons (Fsp3) is 0.0909. The third-order valence-corrected chi connectivity index (χ3v) is 2.64. The van der Waals surface area contributed by atoms with E-state index in [1.54, 1.807) is 17.4 Å². The molecular formula is C11H10N2OS. The number of aromatic hydroxyl groups is 1. The highest BCUT2D eigenvalue weighted by Gasteiger charge is 1.96. The summed E-state index contributed by atoms with van der Waals surface area (Å²) in [6.45, 7) is 1.82. The summed E-state index contributed by atoms with van der Waals surface area (Å²) >= 11 is 1.65. The molecule has 15 heavy (non-hydrogen) atoms. The second-order valence-corrected chi connectivity index (χ2v) is 4.05. The van der Waals surface area contributed by atoms with E-state index in [0.717, 1.165) is 10.6 Å². The van der Waals surface area contributed by atoms with Crippen molar-refractivity contribution in [2.24, 2.45) is 0 Å². The molecule has 0 atom stereocenters. The Labute approximate surface area is 91.8 Å². The first-order valence-corrected chi connectivity index (χ1v) is 5.38. The van der Waals surface area contributed by atoms with E-state index in [1.807, 2.05) is 30.5 Å². The molecule has 4 heteroatoms. The molecule has 2 rings (SSSR count). The number of nitrogens with zero attached hydrogens (tertiary/aromatic N) is 2. The van der Waals surface area contributed by atoms with E-state index >= 15 is 0 Å². The minimum atomic E-state index is 0.00771. The normalized spacial score (nSPS) is 11.0. The quantitative estimate of drug-likeness (QED) is 0.843. The van der Waals surface area contributed by atoms with Crippen LogP contribution >= 0.6 is 11.3 Å². The molecule has 0 fully saturated rings. The molecule has 1 N–H and O–H groups in total. The predicted octanol–water partition coefficient (Wildman–Crippen LogP) is 2.72. The van der Waals surface area contributed by atoms with E-state index in [-0.39, 0.29) is 5.88 Å². The maximum Gasteiger partial charge on any atom is 0.214 e. The Bertz CT molecular complexity index is 457. The highest BCUT2D eigenvalue weighted by Crippen LogP contribution is 2.13. The first-order chi connectivity index (χ1) is 7.24. The van der Waals surface area contributed by atoms with Crippen molar-refractivity contribution in [1.29, 1.82) is 0 Å². The highest BCUT2D eigenvalue weighted by molar-refractivity contribution is 7.10. The molecular weight excluding hydrogens is 208 g/mol. The monoisotopic (exact) mass is 218 g/mol. The van der Waals surface area contributed by atoms with Gasteiger partial charge in [-0.05, 0) is 30.5 Å². The molecule has 76 valence electrons. The van der Waals surface area contributed by atoms with Crippen molar-refractivity contribution in [2.75, 3.05) is 0 Å². The lowest BCUT2D eigenvalue weighted by atomic mass is 10.3. The van der Waals surface area contributed by atoms with Crippen LogP contribution in [0.3, 0.4) is 0 Å². The highest BCUT2D eigenvalue weighted by atomic mass is 32.1. The van der Waals surface area contributed by atoms with Gasteiger partial charge in [0.25, 0.3) is 0 Å². The molecule has 0 aliphatic rings. The van der Waals surface area contributed by atoms with Gasteiger partial charge >= 0.3 is 0 Å². The summed E-state index contributed by atoms with van der Waals surface area (Å²) in [6.07, 6.45) is 3.72. The second kappa shape index (κ2) is 4.23. The van der Waals surface area contributed by atoms with E-state index in [2.05, 4.69) is 9.97 Å². The lowest BCUT2D eigenvalue weighted by Crippen LogP contribution is -1.89. The van der Waals surface area contributed by atoms with Crippen LogP contribution in [-0.2, 0) is 0 Å². The summed E-state index contributed by atoms with van der Waals surface area (Å²) in [5.41, 5.74) is 0.758. The van der Waals surface area contributed by atoms with Crippen LogP contribution in [0, 0.1) is 6.92 Å². The molecule has 3 nitrogen and oxygen atoms in total. The van der Waals surface area contributed by atoms with Crippen LogP contribution in [0.4, 0.5) is 0 Å². The minimum absolute atomic E-state index is 0.00771. The fourth-order valence-electron chi connectivity index (χ4n) is 1.19. The van der Waals surface area contributed by atoms with E-state index in [9.17, 15) is 5.11 Å². The molecule has 0 amide bonds. The van der Waals surface area contributed by atoms with Crippen LogP contribution in [0.1, 0.15) is 16.4 Å². The van der Waals surface area contributed by atoms with Crippen LogP contribution in [0.5, 0.6) is 5.88 Å². The third kappa shape index (κ3) is 2.63. The molecule has 0 radical (unpaired) electrons. The lowest BCUT2D eigenvalue weighted by Gasteiger charge is -1.96. The van der Waals surface area contributed by atoms with Gasteiger partial charge < -0.3 is 5.11 Å². The van der Waals surface area contributed by atoms with Crippen LogP contribution in [0.25, 0.3) is 12.2 Å². The third-order valence-electron chi connectivity index (χ3n) is 1.80. The Balaban J connectivity index is 2.24. The average molecular weight is 218 g/mol. The van der Waals surface area contributed by atoms with Gasteiger partial charge in [0, 0.05) is 16.6 Å². The largest absolute Gasteiger partial charge is 0.493 e. The standard InChI is InChI=1S/C11H10N2OS/c1-8-7-11(14)13-10(12-8)5-4-9-3-2-6-15-9/h2-7H,1H3,(H,12,13,14)/b5-4+. The number of aryl methyl sites for hydroxylation is 1. The number of thiophene rings is 1. The maximum absolute atomic E-state index is 9.27. The number of aromatic nitrogens is 2. The van der Waals surface area contributed by atoms with Gasteiger partial charge in [-0.25, -0.2) is 4.98 Å². The molecule has 2 aromatic rings. The molecule has 2 aromatic heterocycles. The van der Waals surface area contributed by atoms with Crippen LogP contribution < -0.4 is 0 Å². The molecule has 0 saturated heterocycles. The number of rotatable bonds is 2. The minimum Gasteiger partial charge on any atom is -0.493 e. The predicted molar refractivity (Wildman–Crippen MR) is 61.7 cm³/mol. The van der Waals surface area contributed by atoms with Crippen LogP contribution in [-0.4, -0.2) is 15.1 Å². The lowest BCUT2D eigenvalue weighted by molar-refractivity contribution is 0.450. The van der Waals surface area contributed by atoms with Crippen molar-refractivity contribution in [3.63, 3.8) is 0 Å². The zero-order chi connectivity index (χ0) is 10.7. The zero-order valence-electron chi connectivity index (χ0n) is 8.21. The van der Waals surface area contributed by atoms with Crippen molar-refractivity contribution in [3.8, 4) is 5.88 Å². The summed E-state index contributed by atoms with van der Waals surface area (Å²) < 4.78 is 0. The van der Waals surface area contributed by atoms with Crippen molar-refractivity contribution in [1.82, 2.24) is 9.97 Å². The fourth-order valence-corrected chi connectivity index (χ4v) is 1.81. The Hall–Kier alpha value is -1.68. The van der Waals surface area contributed by atoms with Gasteiger partial charge in [0.05, 0.1) is 0 Å². The van der Waals surface area contributed by atoms with Crippen molar-refractivity contribution >= 4 is 23.5 Å². The summed E-state index contributed by atoms with van der Waals surface area (Å²) in [5, 5.41) is 11.3. The van der Waals surface area contributed by atoms with Crippen molar-refractivity contribution < 1.29 is 5.11 Å². The first-order valence-electron chi connectivity index (χ1n) is 4.50. The summed E-state index contributed by atoms with van der Waals surface area (Å²) in [5.74, 6) is 0.536. The molecule has 2 heterocycles. The first kappa shape index (κ1) is 9.86. The molecule has 0 bridgehead atoms. The Morgan fingerprint density at radius 3 is 2.87 bits per heavy atom. The SMILES string of the molecule is Cc1cc(O)nc(/C=C/c2cccs2)n1. The van der Waals surface area contributed by atoms with Gasteiger partial charge in [0.2, 0.25) is 5.88 Å². The van der Waals surface area contributed by atoms with Gasteiger partial charge in [0.15, 0.2) is 5.82 Å². The molecule has 0 aliphatic heterocycles. The molecule has 0 unspecified atom stereocenters. The van der Waals surface area contributed by atoms with Gasteiger partial charge in [-0.1, -0.05) is 6.07 Å². The van der Waals surface area contributed by atoms with Gasteiger partial charge in [0.1, 0.15) is 0 Å². The molecule has 0 aromatic carbocycles. The van der Waals surface area contributed by atoms with Crippen molar-refractivity contribution in [3.05, 3.63) is 40.0 Å². The van der Waals surface area contributed by atoms with Gasteiger partial charge in [-0.3, -0.25) is 0 Å².